The molecule has 0 unspecified atom stereocenters. The Labute approximate surface area is 116 Å². The van der Waals surface area contributed by atoms with Crippen molar-refractivity contribution in [1.82, 2.24) is 19.7 Å². The molecule has 2 aromatic heterocycles. The monoisotopic (exact) mass is 298 g/mol. The van der Waals surface area contributed by atoms with Gasteiger partial charge in [-0.05, 0) is 25.0 Å². The van der Waals surface area contributed by atoms with Gasteiger partial charge in [0.25, 0.3) is 5.95 Å². The number of carbonyl (C=O) groups is 1. The lowest BCUT2D eigenvalue weighted by Crippen LogP contribution is -2.14. The summed E-state index contributed by atoms with van der Waals surface area (Å²) < 4.78 is 39.5. The fraction of sp³-hybridized carbons (Fsp3) is 0.333. The van der Waals surface area contributed by atoms with Crippen molar-refractivity contribution < 1.29 is 23.1 Å². The molecule has 0 amide bonds. The fourth-order valence-electron chi connectivity index (χ4n) is 1.84. The SMILES string of the molecule is O=C(O)c1ccn(-c2nc(C3CC3)cc(C(F)(F)F)n2)n1. The van der Waals surface area contributed by atoms with Gasteiger partial charge in [0.1, 0.15) is 5.69 Å². The Hall–Kier alpha value is -2.45. The second-order valence-electron chi connectivity index (χ2n) is 4.70. The second kappa shape index (κ2) is 4.54. The van der Waals surface area contributed by atoms with Crippen LogP contribution in [0.5, 0.6) is 0 Å². The van der Waals surface area contributed by atoms with E-state index >= 15 is 0 Å². The zero-order chi connectivity index (χ0) is 15.2. The van der Waals surface area contributed by atoms with E-state index in [2.05, 4.69) is 15.1 Å². The summed E-state index contributed by atoms with van der Waals surface area (Å²) >= 11 is 0. The Kier molecular flexibility index (Phi) is 2.92. The number of alkyl halides is 3. The first-order valence-corrected chi connectivity index (χ1v) is 6.10. The third kappa shape index (κ3) is 2.71. The minimum atomic E-state index is -4.59. The molecular formula is C12H9F3N4O2. The number of hydrogen-bond donors (Lipinski definition) is 1. The van der Waals surface area contributed by atoms with E-state index in [1.807, 2.05) is 0 Å². The van der Waals surface area contributed by atoms with Gasteiger partial charge in [-0.2, -0.15) is 18.3 Å². The Morgan fingerprint density at radius 1 is 1.33 bits per heavy atom. The predicted molar refractivity (Wildman–Crippen MR) is 63.1 cm³/mol. The number of aromatic nitrogens is 4. The van der Waals surface area contributed by atoms with Crippen LogP contribution in [0.4, 0.5) is 13.2 Å². The highest BCUT2D eigenvalue weighted by Gasteiger charge is 2.36. The minimum absolute atomic E-state index is 0.00218. The highest BCUT2D eigenvalue weighted by molar-refractivity contribution is 5.85. The van der Waals surface area contributed by atoms with Gasteiger partial charge in [-0.25, -0.2) is 19.4 Å². The summed E-state index contributed by atoms with van der Waals surface area (Å²) in [5, 5.41) is 12.4. The van der Waals surface area contributed by atoms with Gasteiger partial charge in [0, 0.05) is 17.8 Å². The third-order valence-electron chi connectivity index (χ3n) is 3.03. The van der Waals surface area contributed by atoms with Crippen molar-refractivity contribution in [3.8, 4) is 5.95 Å². The highest BCUT2D eigenvalue weighted by atomic mass is 19.4. The number of aromatic carboxylic acids is 1. The molecule has 1 aliphatic rings. The Morgan fingerprint density at radius 2 is 2.05 bits per heavy atom. The van der Waals surface area contributed by atoms with Crippen LogP contribution < -0.4 is 0 Å². The van der Waals surface area contributed by atoms with Crippen LogP contribution in [-0.2, 0) is 6.18 Å². The Bertz CT molecular complexity index is 707. The summed E-state index contributed by atoms with van der Waals surface area (Å²) in [7, 11) is 0. The largest absolute Gasteiger partial charge is 0.476 e. The number of halogens is 3. The molecule has 0 spiro atoms. The van der Waals surface area contributed by atoms with Crippen LogP contribution in [0.3, 0.4) is 0 Å². The third-order valence-corrected chi connectivity index (χ3v) is 3.03. The summed E-state index contributed by atoms with van der Waals surface area (Å²) in [6, 6.07) is 2.10. The minimum Gasteiger partial charge on any atom is -0.476 e. The molecular weight excluding hydrogens is 289 g/mol. The molecule has 1 saturated carbocycles. The van der Waals surface area contributed by atoms with Crippen molar-refractivity contribution in [3.63, 3.8) is 0 Å². The van der Waals surface area contributed by atoms with Gasteiger partial charge in [0.2, 0.25) is 0 Å². The number of carboxylic acid groups (broad SMARTS) is 1. The molecule has 1 fully saturated rings. The molecule has 0 aliphatic heterocycles. The van der Waals surface area contributed by atoms with Crippen molar-refractivity contribution in [3.05, 3.63) is 35.4 Å². The quantitative estimate of drug-likeness (QED) is 0.940. The fourth-order valence-corrected chi connectivity index (χ4v) is 1.84. The van der Waals surface area contributed by atoms with Gasteiger partial charge in [0.15, 0.2) is 5.69 Å². The summed E-state index contributed by atoms with van der Waals surface area (Å²) in [6.07, 6.45) is -1.81. The predicted octanol–water partition coefficient (Wildman–Crippen LogP) is 2.26. The molecule has 0 atom stereocenters. The van der Waals surface area contributed by atoms with E-state index in [0.717, 1.165) is 23.6 Å². The molecule has 0 bridgehead atoms. The number of nitrogens with zero attached hydrogens (tertiary/aromatic N) is 4. The summed E-state index contributed by atoms with van der Waals surface area (Å²) in [6.45, 7) is 0. The number of rotatable bonds is 3. The van der Waals surface area contributed by atoms with Crippen LogP contribution in [0, 0.1) is 0 Å². The van der Waals surface area contributed by atoms with E-state index in [1.165, 1.54) is 12.3 Å². The molecule has 110 valence electrons. The first-order valence-electron chi connectivity index (χ1n) is 6.10. The van der Waals surface area contributed by atoms with Gasteiger partial charge in [-0.15, -0.1) is 0 Å². The smallest absolute Gasteiger partial charge is 0.433 e. The maximum absolute atomic E-state index is 12.9. The zero-order valence-corrected chi connectivity index (χ0v) is 10.5. The van der Waals surface area contributed by atoms with Crippen LogP contribution >= 0.6 is 0 Å². The van der Waals surface area contributed by atoms with E-state index in [1.54, 1.807) is 0 Å². The van der Waals surface area contributed by atoms with Crippen molar-refractivity contribution in [2.24, 2.45) is 0 Å². The van der Waals surface area contributed by atoms with Crippen LogP contribution in [0.2, 0.25) is 0 Å². The lowest BCUT2D eigenvalue weighted by Gasteiger charge is -2.09. The van der Waals surface area contributed by atoms with Gasteiger partial charge in [-0.1, -0.05) is 0 Å². The molecule has 3 rings (SSSR count). The topological polar surface area (TPSA) is 80.9 Å². The summed E-state index contributed by atoms with van der Waals surface area (Å²) in [4.78, 5) is 18.2. The molecule has 0 saturated heterocycles. The maximum atomic E-state index is 12.9. The van der Waals surface area contributed by atoms with Crippen molar-refractivity contribution >= 4 is 5.97 Å². The van der Waals surface area contributed by atoms with Crippen molar-refractivity contribution in [2.45, 2.75) is 24.9 Å². The van der Waals surface area contributed by atoms with Crippen LogP contribution in [0.15, 0.2) is 18.3 Å². The number of hydrogen-bond acceptors (Lipinski definition) is 4. The molecule has 2 heterocycles. The summed E-state index contributed by atoms with van der Waals surface area (Å²) in [5.41, 5.74) is -1.04. The maximum Gasteiger partial charge on any atom is 0.433 e. The van der Waals surface area contributed by atoms with Crippen molar-refractivity contribution in [2.75, 3.05) is 0 Å². The van der Waals surface area contributed by atoms with Gasteiger partial charge in [0.05, 0.1) is 0 Å². The normalized spacial score (nSPS) is 15.2. The van der Waals surface area contributed by atoms with Gasteiger partial charge >= 0.3 is 12.1 Å². The Morgan fingerprint density at radius 3 is 2.57 bits per heavy atom. The number of carboxylic acids is 1. The molecule has 0 aromatic carbocycles. The van der Waals surface area contributed by atoms with Crippen LogP contribution in [0.1, 0.15) is 40.6 Å². The molecule has 1 N–H and O–H groups in total. The van der Waals surface area contributed by atoms with E-state index in [-0.39, 0.29) is 17.6 Å². The van der Waals surface area contributed by atoms with Crippen LogP contribution in [-0.4, -0.2) is 30.8 Å². The Balaban J connectivity index is 2.07. The lowest BCUT2D eigenvalue weighted by molar-refractivity contribution is -0.141. The van der Waals surface area contributed by atoms with Crippen LogP contribution in [0.25, 0.3) is 5.95 Å². The average molecular weight is 298 g/mol. The van der Waals surface area contributed by atoms with Gasteiger partial charge in [-0.3, -0.25) is 0 Å². The molecule has 21 heavy (non-hydrogen) atoms. The molecule has 0 radical (unpaired) electrons. The zero-order valence-electron chi connectivity index (χ0n) is 10.5. The van der Waals surface area contributed by atoms with E-state index in [9.17, 15) is 18.0 Å². The molecule has 9 heteroatoms. The summed E-state index contributed by atoms with van der Waals surface area (Å²) in [5.74, 6) is -1.55. The van der Waals surface area contributed by atoms with E-state index in [4.69, 9.17) is 5.11 Å². The van der Waals surface area contributed by atoms with Crippen molar-refractivity contribution in [1.29, 1.82) is 0 Å². The van der Waals surface area contributed by atoms with E-state index in [0.29, 0.717) is 5.69 Å². The standard InChI is InChI=1S/C12H9F3N4O2/c13-12(14,15)9-5-8(6-1-2-6)16-11(17-9)19-4-3-7(18-19)10(20)21/h3-6H,1-2H2,(H,20,21). The average Bonchev–Trinajstić information content (AvgIpc) is 3.14. The molecule has 1 aliphatic carbocycles. The first kappa shape index (κ1) is 13.5. The van der Waals surface area contributed by atoms with Gasteiger partial charge < -0.3 is 5.11 Å². The molecule has 2 aromatic rings. The molecule has 6 nitrogen and oxygen atoms in total. The lowest BCUT2D eigenvalue weighted by atomic mass is 10.2. The second-order valence-corrected chi connectivity index (χ2v) is 4.70. The highest BCUT2D eigenvalue weighted by Crippen LogP contribution is 2.40. The first-order chi connectivity index (χ1) is 9.84. The van der Waals surface area contributed by atoms with E-state index < -0.39 is 17.8 Å².